The third kappa shape index (κ3) is 1.94. The van der Waals surface area contributed by atoms with Crippen LogP contribution < -0.4 is 5.73 Å². The van der Waals surface area contributed by atoms with Crippen molar-refractivity contribution in [3.05, 3.63) is 12.2 Å². The molecule has 0 spiro atoms. The number of hydrogen-bond donors (Lipinski definition) is 1. The molecule has 2 N–H and O–H groups in total. The highest BCUT2D eigenvalue weighted by molar-refractivity contribution is 5.84. The summed E-state index contributed by atoms with van der Waals surface area (Å²) in [5.74, 6) is 3.34. The Bertz CT molecular complexity index is 385. The van der Waals surface area contributed by atoms with E-state index in [9.17, 15) is 4.79 Å². The van der Waals surface area contributed by atoms with Crippen molar-refractivity contribution in [1.29, 1.82) is 0 Å². The minimum Gasteiger partial charge on any atom is -0.467 e. The van der Waals surface area contributed by atoms with Gasteiger partial charge >= 0.3 is 5.97 Å². The van der Waals surface area contributed by atoms with Crippen molar-refractivity contribution >= 4 is 5.97 Å². The highest BCUT2D eigenvalue weighted by Gasteiger charge is 2.52. The first kappa shape index (κ1) is 13.2. The van der Waals surface area contributed by atoms with E-state index in [-0.39, 0.29) is 5.97 Å². The van der Waals surface area contributed by atoms with Gasteiger partial charge in [0.05, 0.1) is 7.11 Å². The molecule has 4 saturated carbocycles. The summed E-state index contributed by atoms with van der Waals surface area (Å²) in [5, 5.41) is 0. The van der Waals surface area contributed by atoms with Gasteiger partial charge in [0.15, 0.2) is 0 Å². The van der Waals surface area contributed by atoms with Crippen LogP contribution >= 0.6 is 0 Å². The fraction of sp³-hybridized carbons (Fsp3) is 0.812. The molecule has 106 valence electrons. The van der Waals surface area contributed by atoms with Crippen molar-refractivity contribution in [2.24, 2.45) is 35.3 Å². The van der Waals surface area contributed by atoms with Crippen molar-refractivity contribution in [2.45, 2.75) is 44.6 Å². The van der Waals surface area contributed by atoms with Gasteiger partial charge in [0, 0.05) is 0 Å². The molecule has 1 atom stereocenters. The zero-order chi connectivity index (χ0) is 13.8. The SMILES string of the molecule is C=C(C1C2CC3CC(C2)CC1C3)C(C)(N)C(=O)OC. The van der Waals surface area contributed by atoms with E-state index in [1.165, 1.54) is 39.2 Å². The molecule has 0 amide bonds. The molecule has 0 aromatic rings. The van der Waals surface area contributed by atoms with Crippen LogP contribution in [-0.2, 0) is 9.53 Å². The average molecular weight is 263 g/mol. The number of esters is 1. The van der Waals surface area contributed by atoms with Crippen LogP contribution in [0.25, 0.3) is 0 Å². The number of carbonyl (C=O) groups excluding carboxylic acids is 1. The molecule has 4 rings (SSSR count). The number of hydrogen-bond acceptors (Lipinski definition) is 3. The second-order valence-electron chi connectivity index (χ2n) is 7.18. The smallest absolute Gasteiger partial charge is 0.329 e. The Hall–Kier alpha value is -0.830. The van der Waals surface area contributed by atoms with E-state index in [0.29, 0.717) is 17.8 Å². The van der Waals surface area contributed by atoms with E-state index in [0.717, 1.165) is 17.4 Å². The molecule has 19 heavy (non-hydrogen) atoms. The second-order valence-corrected chi connectivity index (χ2v) is 7.18. The minimum atomic E-state index is -1.03. The molecule has 1 unspecified atom stereocenters. The molecule has 0 aromatic heterocycles. The fourth-order valence-electron chi connectivity index (χ4n) is 5.18. The maximum absolute atomic E-state index is 11.9. The van der Waals surface area contributed by atoms with Crippen LogP contribution in [0.2, 0.25) is 0 Å². The maximum Gasteiger partial charge on any atom is 0.329 e. The normalized spacial score (nSPS) is 42.8. The molecule has 0 aromatic carbocycles. The lowest BCUT2D eigenvalue weighted by molar-refractivity contribution is -0.145. The lowest BCUT2D eigenvalue weighted by atomic mass is 9.49. The molecule has 4 fully saturated rings. The van der Waals surface area contributed by atoms with Crippen molar-refractivity contribution in [1.82, 2.24) is 0 Å². The van der Waals surface area contributed by atoms with Gasteiger partial charge in [-0.3, -0.25) is 0 Å². The molecule has 3 heteroatoms. The summed E-state index contributed by atoms with van der Waals surface area (Å²) in [6.45, 7) is 5.97. The first-order valence-electron chi connectivity index (χ1n) is 7.50. The summed E-state index contributed by atoms with van der Waals surface area (Å²) in [7, 11) is 1.40. The molecule has 0 aliphatic heterocycles. The van der Waals surface area contributed by atoms with Gasteiger partial charge < -0.3 is 10.5 Å². The van der Waals surface area contributed by atoms with E-state index in [2.05, 4.69) is 6.58 Å². The quantitative estimate of drug-likeness (QED) is 0.629. The highest BCUT2D eigenvalue weighted by Crippen LogP contribution is 2.58. The van der Waals surface area contributed by atoms with Crippen LogP contribution in [0.3, 0.4) is 0 Å². The van der Waals surface area contributed by atoms with Gasteiger partial charge in [0.25, 0.3) is 0 Å². The summed E-state index contributed by atoms with van der Waals surface area (Å²) >= 11 is 0. The Morgan fingerprint density at radius 3 is 2.05 bits per heavy atom. The molecule has 3 nitrogen and oxygen atoms in total. The number of rotatable bonds is 3. The number of carbonyl (C=O) groups is 1. The predicted molar refractivity (Wildman–Crippen MR) is 74.3 cm³/mol. The third-order valence-electron chi connectivity index (χ3n) is 5.91. The van der Waals surface area contributed by atoms with E-state index in [1.54, 1.807) is 6.92 Å². The van der Waals surface area contributed by atoms with Crippen molar-refractivity contribution < 1.29 is 9.53 Å². The van der Waals surface area contributed by atoms with Gasteiger partial charge in [-0.05, 0) is 74.2 Å². The third-order valence-corrected chi connectivity index (χ3v) is 5.91. The molecule has 0 heterocycles. The predicted octanol–water partition coefficient (Wildman–Crippen LogP) is 2.51. The number of methoxy groups -OCH3 is 1. The van der Waals surface area contributed by atoms with E-state index in [4.69, 9.17) is 10.5 Å². The first-order chi connectivity index (χ1) is 8.93. The standard InChI is InChI=1S/C16H25NO2/c1-9(16(2,17)15(18)19-3)14-12-5-10-4-11(7-12)8-13(14)6-10/h10-14H,1,4-8,17H2,2-3H3. The summed E-state index contributed by atoms with van der Waals surface area (Å²) in [6, 6.07) is 0. The van der Waals surface area contributed by atoms with Crippen LogP contribution in [0.4, 0.5) is 0 Å². The summed E-state index contributed by atoms with van der Waals surface area (Å²) in [4.78, 5) is 11.9. The Kier molecular flexibility index (Phi) is 3.01. The van der Waals surface area contributed by atoms with Gasteiger partial charge in [-0.15, -0.1) is 0 Å². The zero-order valence-electron chi connectivity index (χ0n) is 12.0. The molecule has 0 radical (unpaired) electrons. The van der Waals surface area contributed by atoms with E-state index < -0.39 is 5.54 Å². The molecule has 4 aliphatic carbocycles. The molecular formula is C16H25NO2. The van der Waals surface area contributed by atoms with Crippen molar-refractivity contribution in [3.8, 4) is 0 Å². The van der Waals surface area contributed by atoms with Gasteiger partial charge in [0.2, 0.25) is 0 Å². The highest BCUT2D eigenvalue weighted by atomic mass is 16.5. The van der Waals surface area contributed by atoms with Gasteiger partial charge in [0.1, 0.15) is 5.54 Å². The van der Waals surface area contributed by atoms with E-state index in [1.807, 2.05) is 0 Å². The van der Waals surface area contributed by atoms with Crippen LogP contribution in [-0.4, -0.2) is 18.6 Å². The summed E-state index contributed by atoms with van der Waals surface area (Å²) < 4.78 is 4.85. The minimum absolute atomic E-state index is 0.355. The summed E-state index contributed by atoms with van der Waals surface area (Å²) in [5.41, 5.74) is 6.10. The molecule has 4 aliphatic rings. The van der Waals surface area contributed by atoms with Crippen LogP contribution in [0.1, 0.15) is 39.0 Å². The lowest BCUT2D eigenvalue weighted by Gasteiger charge is -2.56. The van der Waals surface area contributed by atoms with Gasteiger partial charge in [-0.1, -0.05) is 6.58 Å². The van der Waals surface area contributed by atoms with Gasteiger partial charge in [-0.2, -0.15) is 0 Å². The Morgan fingerprint density at radius 1 is 1.16 bits per heavy atom. The second kappa shape index (κ2) is 4.34. The van der Waals surface area contributed by atoms with Crippen molar-refractivity contribution in [3.63, 3.8) is 0 Å². The largest absolute Gasteiger partial charge is 0.467 e. The Morgan fingerprint density at radius 2 is 1.63 bits per heavy atom. The van der Waals surface area contributed by atoms with E-state index >= 15 is 0 Å². The Labute approximate surface area is 115 Å². The zero-order valence-corrected chi connectivity index (χ0v) is 12.0. The first-order valence-corrected chi connectivity index (χ1v) is 7.50. The van der Waals surface area contributed by atoms with Gasteiger partial charge in [-0.25, -0.2) is 4.79 Å². The number of nitrogens with two attached hydrogens (primary N) is 1. The molecular weight excluding hydrogens is 238 g/mol. The summed E-state index contributed by atoms with van der Waals surface area (Å²) in [6.07, 6.45) is 6.69. The molecule has 4 bridgehead atoms. The lowest BCUT2D eigenvalue weighted by Crippen LogP contribution is -2.54. The van der Waals surface area contributed by atoms with Crippen LogP contribution in [0.5, 0.6) is 0 Å². The average Bonchev–Trinajstić information content (AvgIpc) is 2.36. The van der Waals surface area contributed by atoms with Crippen LogP contribution in [0.15, 0.2) is 12.2 Å². The fourth-order valence-corrected chi connectivity index (χ4v) is 5.18. The molecule has 0 saturated heterocycles. The van der Waals surface area contributed by atoms with Crippen molar-refractivity contribution in [2.75, 3.05) is 7.11 Å². The monoisotopic (exact) mass is 263 g/mol. The maximum atomic E-state index is 11.9. The topological polar surface area (TPSA) is 52.3 Å². The number of ether oxygens (including phenoxy) is 1. The Balaban J connectivity index is 1.83. The van der Waals surface area contributed by atoms with Crippen LogP contribution in [0, 0.1) is 29.6 Å².